The van der Waals surface area contributed by atoms with Crippen LogP contribution in [-0.2, 0) is 11.3 Å². The molecule has 116 valence electrons. The van der Waals surface area contributed by atoms with Gasteiger partial charge in [0.15, 0.2) is 17.2 Å². The summed E-state index contributed by atoms with van der Waals surface area (Å²) in [5.41, 5.74) is 7.29. The van der Waals surface area contributed by atoms with E-state index in [1.165, 1.54) is 0 Å². The van der Waals surface area contributed by atoms with E-state index in [1.54, 1.807) is 0 Å². The third-order valence-electron chi connectivity index (χ3n) is 2.80. The number of benzene rings is 1. The first-order chi connectivity index (χ1) is 10.4. The van der Waals surface area contributed by atoms with E-state index in [9.17, 15) is 14.7 Å². The SMILES string of the molecule is NCc1ccc(-c2sc(C(=O)O)c(OCC(=O)O)c2Br)cc1. The van der Waals surface area contributed by atoms with E-state index in [-0.39, 0.29) is 10.6 Å². The number of halogens is 1. The molecule has 0 aliphatic heterocycles. The van der Waals surface area contributed by atoms with Gasteiger partial charge in [-0.15, -0.1) is 11.3 Å². The largest absolute Gasteiger partial charge is 0.479 e. The molecule has 0 saturated heterocycles. The van der Waals surface area contributed by atoms with Crippen LogP contribution in [0.15, 0.2) is 28.7 Å². The van der Waals surface area contributed by atoms with E-state index in [1.807, 2.05) is 24.3 Å². The molecule has 1 aromatic carbocycles. The van der Waals surface area contributed by atoms with Crippen molar-refractivity contribution >= 4 is 39.2 Å². The van der Waals surface area contributed by atoms with Crippen molar-refractivity contribution in [2.45, 2.75) is 6.54 Å². The number of thiophene rings is 1. The van der Waals surface area contributed by atoms with Crippen molar-refractivity contribution in [3.05, 3.63) is 39.2 Å². The number of aliphatic carboxylic acids is 1. The minimum atomic E-state index is -1.18. The van der Waals surface area contributed by atoms with Crippen molar-refractivity contribution in [3.63, 3.8) is 0 Å². The average Bonchev–Trinajstić information content (AvgIpc) is 2.82. The van der Waals surface area contributed by atoms with Crippen LogP contribution in [0.5, 0.6) is 5.75 Å². The first-order valence-corrected chi connectivity index (χ1v) is 7.74. The molecule has 2 rings (SSSR count). The maximum absolute atomic E-state index is 11.3. The van der Waals surface area contributed by atoms with Crippen LogP contribution in [0.2, 0.25) is 0 Å². The fourth-order valence-electron chi connectivity index (χ4n) is 1.78. The predicted octanol–water partition coefficient (Wildman–Crippen LogP) is 2.80. The van der Waals surface area contributed by atoms with Crippen LogP contribution in [0.1, 0.15) is 15.2 Å². The second-order valence-corrected chi connectivity index (χ2v) is 6.11. The van der Waals surface area contributed by atoms with Crippen LogP contribution in [0.4, 0.5) is 0 Å². The summed E-state index contributed by atoms with van der Waals surface area (Å²) in [5, 5.41) is 17.9. The van der Waals surface area contributed by atoms with Gasteiger partial charge in [-0.3, -0.25) is 0 Å². The molecule has 0 saturated carbocycles. The van der Waals surface area contributed by atoms with Gasteiger partial charge in [-0.1, -0.05) is 24.3 Å². The highest BCUT2D eigenvalue weighted by Crippen LogP contribution is 2.45. The van der Waals surface area contributed by atoms with E-state index >= 15 is 0 Å². The van der Waals surface area contributed by atoms with Gasteiger partial charge in [0.25, 0.3) is 0 Å². The molecule has 0 aliphatic carbocycles. The van der Waals surface area contributed by atoms with Gasteiger partial charge in [-0.2, -0.15) is 0 Å². The van der Waals surface area contributed by atoms with Crippen molar-refractivity contribution in [2.24, 2.45) is 5.73 Å². The number of carboxylic acids is 2. The third-order valence-corrected chi connectivity index (χ3v) is 5.02. The normalized spacial score (nSPS) is 10.5. The molecule has 0 amide bonds. The van der Waals surface area contributed by atoms with Gasteiger partial charge in [0, 0.05) is 6.54 Å². The minimum absolute atomic E-state index is 0.0257. The number of hydrogen-bond acceptors (Lipinski definition) is 5. The van der Waals surface area contributed by atoms with Gasteiger partial charge in [0.05, 0.1) is 9.35 Å². The number of aromatic carboxylic acids is 1. The summed E-state index contributed by atoms with van der Waals surface area (Å²) in [6, 6.07) is 7.34. The Hall–Kier alpha value is -1.90. The summed E-state index contributed by atoms with van der Waals surface area (Å²) in [6.07, 6.45) is 0. The van der Waals surface area contributed by atoms with Crippen LogP contribution in [-0.4, -0.2) is 28.8 Å². The van der Waals surface area contributed by atoms with Gasteiger partial charge in [0.1, 0.15) is 0 Å². The highest BCUT2D eigenvalue weighted by Gasteiger charge is 2.24. The Morgan fingerprint density at radius 2 is 1.86 bits per heavy atom. The molecule has 0 atom stereocenters. The number of carboxylic acid groups (broad SMARTS) is 2. The summed E-state index contributed by atoms with van der Waals surface area (Å²) < 4.78 is 5.53. The van der Waals surface area contributed by atoms with E-state index < -0.39 is 18.5 Å². The van der Waals surface area contributed by atoms with E-state index in [0.717, 1.165) is 22.5 Å². The van der Waals surface area contributed by atoms with Crippen LogP contribution < -0.4 is 10.5 Å². The Morgan fingerprint density at radius 1 is 1.23 bits per heavy atom. The van der Waals surface area contributed by atoms with Crippen molar-refractivity contribution in [1.29, 1.82) is 0 Å². The number of hydrogen-bond donors (Lipinski definition) is 3. The number of nitrogens with two attached hydrogens (primary N) is 1. The van der Waals surface area contributed by atoms with Crippen LogP contribution in [0.25, 0.3) is 10.4 Å². The predicted molar refractivity (Wildman–Crippen MR) is 85.4 cm³/mol. The van der Waals surface area contributed by atoms with Crippen LogP contribution in [0, 0.1) is 0 Å². The average molecular weight is 386 g/mol. The molecule has 0 spiro atoms. The molecule has 1 heterocycles. The number of ether oxygens (including phenoxy) is 1. The molecule has 0 aliphatic rings. The molecule has 8 heteroatoms. The highest BCUT2D eigenvalue weighted by atomic mass is 79.9. The standard InChI is InChI=1S/C14H12BrNO5S/c15-10-11(21-6-9(17)18)13(14(19)20)22-12(10)8-3-1-7(5-16)2-4-8/h1-4H,5-6,16H2,(H,17,18)(H,19,20). The Labute approximate surface area is 138 Å². The summed E-state index contributed by atoms with van der Waals surface area (Å²) in [5.74, 6) is -2.32. The Kier molecular flexibility index (Phi) is 5.17. The van der Waals surface area contributed by atoms with Crippen molar-refractivity contribution < 1.29 is 24.5 Å². The van der Waals surface area contributed by atoms with Crippen molar-refractivity contribution in [1.82, 2.24) is 0 Å². The maximum Gasteiger partial charge on any atom is 0.349 e. The Balaban J connectivity index is 2.45. The summed E-state index contributed by atoms with van der Waals surface area (Å²) in [7, 11) is 0. The van der Waals surface area contributed by atoms with Crippen molar-refractivity contribution in [3.8, 4) is 16.2 Å². The van der Waals surface area contributed by atoms with Crippen LogP contribution >= 0.6 is 27.3 Å². The molecule has 0 radical (unpaired) electrons. The topological polar surface area (TPSA) is 110 Å². The minimum Gasteiger partial charge on any atom is -0.479 e. The fraction of sp³-hybridized carbons (Fsp3) is 0.143. The van der Waals surface area contributed by atoms with Gasteiger partial charge < -0.3 is 20.7 Å². The van der Waals surface area contributed by atoms with E-state index in [4.69, 9.17) is 15.6 Å². The molecule has 22 heavy (non-hydrogen) atoms. The lowest BCUT2D eigenvalue weighted by Crippen LogP contribution is -2.11. The summed E-state index contributed by atoms with van der Waals surface area (Å²) >= 11 is 4.31. The smallest absolute Gasteiger partial charge is 0.349 e. The quantitative estimate of drug-likeness (QED) is 0.704. The van der Waals surface area contributed by atoms with Crippen LogP contribution in [0.3, 0.4) is 0 Å². The number of rotatable bonds is 6. The third kappa shape index (κ3) is 3.46. The van der Waals surface area contributed by atoms with Gasteiger partial charge in [0.2, 0.25) is 0 Å². The molecule has 0 fully saturated rings. The molecule has 0 unspecified atom stereocenters. The molecule has 1 aromatic heterocycles. The maximum atomic E-state index is 11.3. The monoisotopic (exact) mass is 385 g/mol. The summed E-state index contributed by atoms with van der Waals surface area (Å²) in [4.78, 5) is 22.5. The molecular weight excluding hydrogens is 374 g/mol. The lowest BCUT2D eigenvalue weighted by Gasteiger charge is -2.04. The van der Waals surface area contributed by atoms with Crippen molar-refractivity contribution in [2.75, 3.05) is 6.61 Å². The zero-order chi connectivity index (χ0) is 16.3. The Bertz CT molecular complexity index is 711. The molecule has 2 aromatic rings. The van der Waals surface area contributed by atoms with Gasteiger partial charge in [-0.25, -0.2) is 9.59 Å². The number of carbonyl (C=O) groups is 2. The molecule has 0 bridgehead atoms. The lowest BCUT2D eigenvalue weighted by atomic mass is 10.1. The van der Waals surface area contributed by atoms with E-state index in [0.29, 0.717) is 15.9 Å². The molecule has 4 N–H and O–H groups in total. The Morgan fingerprint density at radius 3 is 2.36 bits per heavy atom. The molecular formula is C14H12BrNO5S. The first kappa shape index (κ1) is 16.5. The zero-order valence-corrected chi connectivity index (χ0v) is 13.6. The van der Waals surface area contributed by atoms with Gasteiger partial charge in [-0.05, 0) is 27.1 Å². The highest BCUT2D eigenvalue weighted by molar-refractivity contribution is 9.10. The zero-order valence-electron chi connectivity index (χ0n) is 11.2. The fourth-order valence-corrected chi connectivity index (χ4v) is 3.67. The van der Waals surface area contributed by atoms with E-state index in [2.05, 4.69) is 15.9 Å². The summed E-state index contributed by atoms with van der Waals surface area (Å²) in [6.45, 7) is -0.194. The first-order valence-electron chi connectivity index (χ1n) is 6.13. The second kappa shape index (κ2) is 6.91. The second-order valence-electron chi connectivity index (χ2n) is 4.29. The van der Waals surface area contributed by atoms with Gasteiger partial charge >= 0.3 is 11.9 Å². The lowest BCUT2D eigenvalue weighted by molar-refractivity contribution is -0.139. The molecule has 6 nitrogen and oxygen atoms in total.